The van der Waals surface area contributed by atoms with E-state index in [-0.39, 0.29) is 30.1 Å². The van der Waals surface area contributed by atoms with Gasteiger partial charge in [0.1, 0.15) is 0 Å². The van der Waals surface area contributed by atoms with Gasteiger partial charge in [0.25, 0.3) is 0 Å². The lowest BCUT2D eigenvalue weighted by Gasteiger charge is -2.34. The molecule has 0 aromatic carbocycles. The lowest BCUT2D eigenvalue weighted by molar-refractivity contribution is -0.135. The molecule has 2 heterocycles. The maximum absolute atomic E-state index is 12.7. The molecular formula is C15H28N2O5S. The molecular weight excluding hydrogens is 320 g/mol. The van der Waals surface area contributed by atoms with Gasteiger partial charge in [0.05, 0.1) is 24.7 Å². The van der Waals surface area contributed by atoms with E-state index in [4.69, 9.17) is 4.74 Å². The first-order valence-corrected chi connectivity index (χ1v) is 10.1. The van der Waals surface area contributed by atoms with Crippen LogP contribution in [0.5, 0.6) is 0 Å². The quantitative estimate of drug-likeness (QED) is 0.658. The summed E-state index contributed by atoms with van der Waals surface area (Å²) in [5.74, 6) is 0.545. The van der Waals surface area contributed by atoms with Gasteiger partial charge in [-0.05, 0) is 38.3 Å². The van der Waals surface area contributed by atoms with Crippen molar-refractivity contribution in [2.24, 2.45) is 5.92 Å². The van der Waals surface area contributed by atoms with Crippen molar-refractivity contribution in [1.29, 1.82) is 0 Å². The van der Waals surface area contributed by atoms with Crippen LogP contribution in [0.15, 0.2) is 0 Å². The van der Waals surface area contributed by atoms with Gasteiger partial charge in [-0.2, -0.15) is 0 Å². The molecule has 1 N–H and O–H groups in total. The molecule has 7 nitrogen and oxygen atoms in total. The Bertz CT molecular complexity index is 488. The lowest BCUT2D eigenvalue weighted by Crippen LogP contribution is -2.49. The van der Waals surface area contributed by atoms with Crippen LogP contribution in [0.1, 0.15) is 19.3 Å². The second kappa shape index (κ2) is 8.41. The summed E-state index contributed by atoms with van der Waals surface area (Å²) in [6, 6.07) is -0.224. The zero-order chi connectivity index (χ0) is 16.9. The number of carbonyl (C=O) groups excluding carboxylic acids is 1. The number of methoxy groups -OCH3 is 1. The smallest absolute Gasteiger partial charge is 0.237 e. The van der Waals surface area contributed by atoms with E-state index in [0.29, 0.717) is 32.0 Å². The summed E-state index contributed by atoms with van der Waals surface area (Å²) in [6.45, 7) is 2.98. The summed E-state index contributed by atoms with van der Waals surface area (Å²) < 4.78 is 28.5. The fourth-order valence-electron chi connectivity index (χ4n) is 3.33. The molecule has 2 saturated heterocycles. The molecule has 134 valence electrons. The van der Waals surface area contributed by atoms with Crippen molar-refractivity contribution in [2.75, 3.05) is 58.0 Å². The predicted octanol–water partition coefficient (Wildman–Crippen LogP) is -0.647. The van der Waals surface area contributed by atoms with Gasteiger partial charge in [0, 0.05) is 26.3 Å². The van der Waals surface area contributed by atoms with Gasteiger partial charge in [-0.25, -0.2) is 8.42 Å². The van der Waals surface area contributed by atoms with Crippen molar-refractivity contribution >= 4 is 15.7 Å². The van der Waals surface area contributed by atoms with E-state index in [9.17, 15) is 18.3 Å². The van der Waals surface area contributed by atoms with Gasteiger partial charge in [0.2, 0.25) is 5.91 Å². The number of likely N-dealkylation sites (tertiary alicyclic amines) is 1. The SMILES string of the molecule is COCCN(C(=O)CN1CCC(CO)CC1)[C@H]1CCS(=O)(=O)C1. The number of aliphatic hydroxyl groups excluding tert-OH is 1. The zero-order valence-corrected chi connectivity index (χ0v) is 14.6. The molecule has 0 bridgehead atoms. The average Bonchev–Trinajstić information content (AvgIpc) is 2.88. The molecule has 2 fully saturated rings. The summed E-state index contributed by atoms with van der Waals surface area (Å²) in [6.07, 6.45) is 2.32. The zero-order valence-electron chi connectivity index (χ0n) is 13.8. The van der Waals surface area contributed by atoms with E-state index in [1.54, 1.807) is 12.0 Å². The van der Waals surface area contributed by atoms with Crippen LogP contribution in [-0.2, 0) is 19.4 Å². The van der Waals surface area contributed by atoms with Crippen molar-refractivity contribution in [1.82, 2.24) is 9.80 Å². The van der Waals surface area contributed by atoms with Gasteiger partial charge in [-0.15, -0.1) is 0 Å². The number of hydrogen-bond acceptors (Lipinski definition) is 6. The van der Waals surface area contributed by atoms with E-state index >= 15 is 0 Å². The minimum atomic E-state index is -3.02. The average molecular weight is 348 g/mol. The molecule has 0 aromatic rings. The number of aliphatic hydroxyl groups is 1. The Morgan fingerprint density at radius 3 is 2.52 bits per heavy atom. The summed E-state index contributed by atoms with van der Waals surface area (Å²) in [5, 5.41) is 9.17. The summed E-state index contributed by atoms with van der Waals surface area (Å²) in [7, 11) is -1.44. The van der Waals surface area contributed by atoms with Gasteiger partial charge in [-0.3, -0.25) is 9.69 Å². The van der Waals surface area contributed by atoms with Gasteiger partial charge < -0.3 is 14.7 Å². The Kier molecular flexibility index (Phi) is 6.82. The number of hydrogen-bond donors (Lipinski definition) is 1. The second-order valence-corrected chi connectivity index (χ2v) is 8.77. The van der Waals surface area contributed by atoms with Crippen LogP contribution in [0.4, 0.5) is 0 Å². The van der Waals surface area contributed by atoms with E-state index < -0.39 is 9.84 Å². The number of nitrogens with zero attached hydrogens (tertiary/aromatic N) is 2. The Morgan fingerprint density at radius 2 is 2.00 bits per heavy atom. The van der Waals surface area contributed by atoms with E-state index in [2.05, 4.69) is 4.90 Å². The molecule has 8 heteroatoms. The highest BCUT2D eigenvalue weighted by atomic mass is 32.2. The second-order valence-electron chi connectivity index (χ2n) is 6.54. The van der Waals surface area contributed by atoms with Gasteiger partial charge in [0.15, 0.2) is 9.84 Å². The number of sulfone groups is 1. The van der Waals surface area contributed by atoms with E-state index in [0.717, 1.165) is 25.9 Å². The lowest BCUT2D eigenvalue weighted by atomic mass is 9.98. The van der Waals surface area contributed by atoms with Crippen molar-refractivity contribution in [3.8, 4) is 0 Å². The summed E-state index contributed by atoms with van der Waals surface area (Å²) >= 11 is 0. The Morgan fingerprint density at radius 1 is 1.30 bits per heavy atom. The summed E-state index contributed by atoms with van der Waals surface area (Å²) in [4.78, 5) is 16.4. The molecule has 0 spiro atoms. The predicted molar refractivity (Wildman–Crippen MR) is 86.9 cm³/mol. The Labute approximate surface area is 138 Å². The first-order valence-electron chi connectivity index (χ1n) is 8.27. The van der Waals surface area contributed by atoms with Crippen LogP contribution in [0, 0.1) is 5.92 Å². The first-order chi connectivity index (χ1) is 10.9. The van der Waals surface area contributed by atoms with Gasteiger partial charge >= 0.3 is 0 Å². The molecule has 0 radical (unpaired) electrons. The maximum atomic E-state index is 12.7. The number of piperidine rings is 1. The number of carbonyl (C=O) groups is 1. The molecule has 2 aliphatic rings. The van der Waals surface area contributed by atoms with Crippen molar-refractivity contribution in [3.05, 3.63) is 0 Å². The Hall–Kier alpha value is -0.700. The minimum Gasteiger partial charge on any atom is -0.396 e. The third-order valence-corrected chi connectivity index (χ3v) is 6.58. The topological polar surface area (TPSA) is 87.2 Å². The molecule has 0 aromatic heterocycles. The van der Waals surface area contributed by atoms with E-state index in [1.807, 2.05) is 0 Å². The fraction of sp³-hybridized carbons (Fsp3) is 0.933. The first kappa shape index (κ1) is 18.6. The standard InChI is InChI=1S/C15H28N2O5S/c1-22-8-7-17(14-4-9-23(20,21)12-14)15(19)10-16-5-2-13(11-18)3-6-16/h13-14,18H,2-12H2,1H3/t14-/m0/s1. The molecule has 0 unspecified atom stereocenters. The van der Waals surface area contributed by atoms with Crippen molar-refractivity contribution in [3.63, 3.8) is 0 Å². The van der Waals surface area contributed by atoms with Crippen LogP contribution in [0.3, 0.4) is 0 Å². The third kappa shape index (κ3) is 5.41. The van der Waals surface area contributed by atoms with Crippen LogP contribution in [0.25, 0.3) is 0 Å². The normalized spacial score (nSPS) is 25.6. The highest BCUT2D eigenvalue weighted by Crippen LogP contribution is 2.20. The molecule has 23 heavy (non-hydrogen) atoms. The number of ether oxygens (including phenoxy) is 1. The van der Waals surface area contributed by atoms with Crippen LogP contribution < -0.4 is 0 Å². The molecule has 2 aliphatic heterocycles. The maximum Gasteiger partial charge on any atom is 0.237 e. The molecule has 0 aliphatic carbocycles. The number of amides is 1. The highest BCUT2D eigenvalue weighted by molar-refractivity contribution is 7.91. The molecule has 0 saturated carbocycles. The summed E-state index contributed by atoms with van der Waals surface area (Å²) in [5.41, 5.74) is 0. The van der Waals surface area contributed by atoms with Gasteiger partial charge in [-0.1, -0.05) is 0 Å². The third-order valence-electron chi connectivity index (χ3n) is 4.83. The monoisotopic (exact) mass is 348 g/mol. The van der Waals surface area contributed by atoms with Crippen molar-refractivity contribution < 1.29 is 23.1 Å². The van der Waals surface area contributed by atoms with Crippen molar-refractivity contribution in [2.45, 2.75) is 25.3 Å². The highest BCUT2D eigenvalue weighted by Gasteiger charge is 2.35. The number of rotatable bonds is 7. The minimum absolute atomic E-state index is 0.0217. The molecule has 2 rings (SSSR count). The largest absolute Gasteiger partial charge is 0.396 e. The van der Waals surface area contributed by atoms with E-state index in [1.165, 1.54) is 0 Å². The van der Waals surface area contributed by atoms with Crippen LogP contribution in [0.2, 0.25) is 0 Å². The van der Waals surface area contributed by atoms with Crippen LogP contribution >= 0.6 is 0 Å². The fourth-order valence-corrected chi connectivity index (χ4v) is 5.06. The molecule has 1 amide bonds. The van der Waals surface area contributed by atoms with Crippen LogP contribution in [-0.4, -0.2) is 93.3 Å². The Balaban J connectivity index is 1.91. The molecule has 1 atom stereocenters.